The summed E-state index contributed by atoms with van der Waals surface area (Å²) in [7, 11) is 0. The molecule has 0 radical (unpaired) electrons. The lowest BCUT2D eigenvalue weighted by Gasteiger charge is -2.31. The molecule has 1 aromatic carbocycles. The molecule has 0 saturated carbocycles. The van der Waals surface area contributed by atoms with E-state index in [-0.39, 0.29) is 5.92 Å². The standard InChI is InChI=1S/C12H13BrN2/c13-11-2-1-3-12(8-11)15-6-4-10(9-14)5-7-15/h1-3,8,10H,4-7H2. The van der Waals surface area contributed by atoms with Crippen molar-refractivity contribution in [2.75, 3.05) is 18.0 Å². The highest BCUT2D eigenvalue weighted by atomic mass is 79.9. The molecule has 1 aliphatic heterocycles. The van der Waals surface area contributed by atoms with Gasteiger partial charge in [0.05, 0.1) is 6.07 Å². The molecule has 0 spiro atoms. The van der Waals surface area contributed by atoms with Crippen molar-refractivity contribution in [3.05, 3.63) is 28.7 Å². The molecule has 1 aliphatic rings. The third-order valence-corrected chi connectivity index (χ3v) is 3.34. The first kappa shape index (κ1) is 10.5. The molecule has 1 aromatic rings. The maximum absolute atomic E-state index is 8.82. The number of hydrogen-bond donors (Lipinski definition) is 0. The summed E-state index contributed by atoms with van der Waals surface area (Å²) >= 11 is 3.48. The van der Waals surface area contributed by atoms with Crippen LogP contribution in [-0.4, -0.2) is 13.1 Å². The van der Waals surface area contributed by atoms with E-state index in [9.17, 15) is 0 Å². The van der Waals surface area contributed by atoms with Gasteiger partial charge in [-0.15, -0.1) is 0 Å². The second-order valence-electron chi connectivity index (χ2n) is 3.87. The van der Waals surface area contributed by atoms with Crippen molar-refractivity contribution in [3.63, 3.8) is 0 Å². The third kappa shape index (κ3) is 2.51. The van der Waals surface area contributed by atoms with E-state index in [1.54, 1.807) is 0 Å². The van der Waals surface area contributed by atoms with Gasteiger partial charge < -0.3 is 4.90 Å². The minimum absolute atomic E-state index is 0.258. The van der Waals surface area contributed by atoms with Gasteiger partial charge in [-0.2, -0.15) is 5.26 Å². The summed E-state index contributed by atoms with van der Waals surface area (Å²) in [5, 5.41) is 8.82. The Hall–Kier alpha value is -1.01. The molecule has 78 valence electrons. The molecule has 0 N–H and O–H groups in total. The molecule has 0 aromatic heterocycles. The topological polar surface area (TPSA) is 27.0 Å². The number of rotatable bonds is 1. The quantitative estimate of drug-likeness (QED) is 0.779. The van der Waals surface area contributed by atoms with Crippen LogP contribution < -0.4 is 4.90 Å². The van der Waals surface area contributed by atoms with Crippen LogP contribution in [0.15, 0.2) is 28.7 Å². The van der Waals surface area contributed by atoms with E-state index in [1.165, 1.54) is 5.69 Å². The highest BCUT2D eigenvalue weighted by Gasteiger charge is 2.18. The Bertz CT molecular complexity index is 375. The van der Waals surface area contributed by atoms with E-state index in [0.29, 0.717) is 0 Å². The number of piperidine rings is 1. The Morgan fingerprint density at radius 1 is 1.33 bits per heavy atom. The summed E-state index contributed by atoms with van der Waals surface area (Å²) in [5.41, 5.74) is 1.25. The van der Waals surface area contributed by atoms with Gasteiger partial charge in [0.15, 0.2) is 0 Å². The van der Waals surface area contributed by atoms with Gasteiger partial charge in [-0.25, -0.2) is 0 Å². The largest absolute Gasteiger partial charge is 0.371 e. The highest BCUT2D eigenvalue weighted by molar-refractivity contribution is 9.10. The van der Waals surface area contributed by atoms with E-state index in [2.05, 4.69) is 45.1 Å². The number of hydrogen-bond acceptors (Lipinski definition) is 2. The lowest BCUT2D eigenvalue weighted by Crippen LogP contribution is -2.33. The molecule has 1 fully saturated rings. The molecule has 1 saturated heterocycles. The van der Waals surface area contributed by atoms with Gasteiger partial charge in [0, 0.05) is 29.2 Å². The second kappa shape index (κ2) is 4.67. The third-order valence-electron chi connectivity index (χ3n) is 2.85. The van der Waals surface area contributed by atoms with Crippen molar-refractivity contribution in [2.45, 2.75) is 12.8 Å². The van der Waals surface area contributed by atoms with Gasteiger partial charge in [0.2, 0.25) is 0 Å². The molecule has 0 atom stereocenters. The maximum Gasteiger partial charge on any atom is 0.0657 e. The van der Waals surface area contributed by atoms with Gasteiger partial charge in [0.1, 0.15) is 0 Å². The summed E-state index contributed by atoms with van der Waals surface area (Å²) in [5.74, 6) is 0.258. The molecule has 2 nitrogen and oxygen atoms in total. The molecule has 1 heterocycles. The van der Waals surface area contributed by atoms with Crippen LogP contribution in [0.25, 0.3) is 0 Å². The van der Waals surface area contributed by atoms with Gasteiger partial charge in [0.25, 0.3) is 0 Å². The van der Waals surface area contributed by atoms with Crippen LogP contribution in [0.1, 0.15) is 12.8 Å². The molecule has 15 heavy (non-hydrogen) atoms. The lowest BCUT2D eigenvalue weighted by atomic mass is 9.98. The molecule has 0 bridgehead atoms. The highest BCUT2D eigenvalue weighted by Crippen LogP contribution is 2.25. The van der Waals surface area contributed by atoms with Crippen molar-refractivity contribution >= 4 is 21.6 Å². The second-order valence-corrected chi connectivity index (χ2v) is 4.79. The minimum Gasteiger partial charge on any atom is -0.371 e. The smallest absolute Gasteiger partial charge is 0.0657 e. The zero-order chi connectivity index (χ0) is 10.7. The van der Waals surface area contributed by atoms with Crippen molar-refractivity contribution in [1.29, 1.82) is 5.26 Å². The average molecular weight is 265 g/mol. The van der Waals surface area contributed by atoms with Gasteiger partial charge in [-0.1, -0.05) is 22.0 Å². The summed E-state index contributed by atoms with van der Waals surface area (Å²) < 4.78 is 1.11. The van der Waals surface area contributed by atoms with E-state index in [4.69, 9.17) is 5.26 Å². The first-order valence-corrected chi connectivity index (χ1v) is 5.99. The monoisotopic (exact) mass is 264 g/mol. The first-order valence-electron chi connectivity index (χ1n) is 5.20. The Labute approximate surface area is 98.6 Å². The summed E-state index contributed by atoms with van der Waals surface area (Å²) in [4.78, 5) is 2.35. The average Bonchev–Trinajstić information content (AvgIpc) is 2.29. The number of anilines is 1. The van der Waals surface area contributed by atoms with Crippen LogP contribution in [0.3, 0.4) is 0 Å². The molecule has 2 rings (SSSR count). The van der Waals surface area contributed by atoms with Gasteiger partial charge in [-0.05, 0) is 31.0 Å². The first-order chi connectivity index (χ1) is 7.29. The van der Waals surface area contributed by atoms with E-state index in [1.807, 2.05) is 6.07 Å². The van der Waals surface area contributed by atoms with Crippen molar-refractivity contribution in [1.82, 2.24) is 0 Å². The molecule has 0 unspecified atom stereocenters. The van der Waals surface area contributed by atoms with Crippen LogP contribution in [0.2, 0.25) is 0 Å². The lowest BCUT2D eigenvalue weighted by molar-refractivity contribution is 0.488. The fourth-order valence-corrected chi connectivity index (χ4v) is 2.33. The normalized spacial score (nSPS) is 17.5. The predicted molar refractivity (Wildman–Crippen MR) is 64.7 cm³/mol. The van der Waals surface area contributed by atoms with Gasteiger partial charge in [-0.3, -0.25) is 0 Å². The molecular weight excluding hydrogens is 252 g/mol. The van der Waals surface area contributed by atoms with Crippen LogP contribution >= 0.6 is 15.9 Å². The Kier molecular flexibility index (Phi) is 3.27. The van der Waals surface area contributed by atoms with Crippen LogP contribution in [0.4, 0.5) is 5.69 Å². The van der Waals surface area contributed by atoms with E-state index < -0.39 is 0 Å². The fourth-order valence-electron chi connectivity index (χ4n) is 1.94. The number of halogens is 1. The number of nitriles is 1. The minimum atomic E-state index is 0.258. The zero-order valence-corrected chi connectivity index (χ0v) is 10.1. The maximum atomic E-state index is 8.82. The molecule has 0 amide bonds. The van der Waals surface area contributed by atoms with Crippen molar-refractivity contribution in [2.24, 2.45) is 5.92 Å². The van der Waals surface area contributed by atoms with Crippen molar-refractivity contribution in [3.8, 4) is 6.07 Å². The summed E-state index contributed by atoms with van der Waals surface area (Å²) in [6.45, 7) is 1.99. The van der Waals surface area contributed by atoms with E-state index >= 15 is 0 Å². The number of benzene rings is 1. The van der Waals surface area contributed by atoms with Crippen molar-refractivity contribution < 1.29 is 0 Å². The molecular formula is C12H13BrN2. The predicted octanol–water partition coefficient (Wildman–Crippen LogP) is 3.19. The Morgan fingerprint density at radius 3 is 2.67 bits per heavy atom. The van der Waals surface area contributed by atoms with Crippen LogP contribution in [0, 0.1) is 17.2 Å². The van der Waals surface area contributed by atoms with E-state index in [0.717, 1.165) is 30.4 Å². The Morgan fingerprint density at radius 2 is 2.07 bits per heavy atom. The molecule has 3 heteroatoms. The number of nitrogens with zero attached hydrogens (tertiary/aromatic N) is 2. The summed E-state index contributed by atoms with van der Waals surface area (Å²) in [6.07, 6.45) is 1.98. The SMILES string of the molecule is N#CC1CCN(c2cccc(Br)c2)CC1. The van der Waals surface area contributed by atoms with Crippen LogP contribution in [-0.2, 0) is 0 Å². The molecule has 0 aliphatic carbocycles. The zero-order valence-electron chi connectivity index (χ0n) is 8.49. The fraction of sp³-hybridized carbons (Fsp3) is 0.417. The van der Waals surface area contributed by atoms with Crippen LogP contribution in [0.5, 0.6) is 0 Å². The van der Waals surface area contributed by atoms with Gasteiger partial charge >= 0.3 is 0 Å². The summed E-state index contributed by atoms with van der Waals surface area (Å²) in [6, 6.07) is 10.7. The Balaban J connectivity index is 2.05.